The van der Waals surface area contributed by atoms with E-state index in [1.807, 2.05) is 30.3 Å². The smallest absolute Gasteiger partial charge is 0.255 e. The average molecular weight is 219 g/mol. The number of para-hydroxylation sites is 1. The molecule has 3 N–H and O–H groups in total. The highest BCUT2D eigenvalue weighted by Crippen LogP contribution is 2.07. The topological polar surface area (TPSA) is 53.2 Å². The molecule has 0 spiro atoms. The third kappa shape index (κ3) is 2.97. The minimum Gasteiger partial charge on any atom is -0.306 e. The average Bonchev–Trinajstić information content (AvgIpc) is 2.38. The molecule has 0 aliphatic carbocycles. The lowest BCUT2D eigenvalue weighted by molar-refractivity contribution is -0.123. The molecule has 1 unspecified atom stereocenters. The molecule has 0 aromatic heterocycles. The summed E-state index contributed by atoms with van der Waals surface area (Å²) in [7, 11) is 0. The Morgan fingerprint density at radius 3 is 2.75 bits per heavy atom. The maximum absolute atomic E-state index is 11.7. The molecular weight excluding hydrogens is 202 g/mol. The Hall–Kier alpha value is -1.55. The minimum atomic E-state index is -0.0510. The monoisotopic (exact) mass is 219 g/mol. The van der Waals surface area contributed by atoms with Gasteiger partial charge in [-0.1, -0.05) is 24.6 Å². The van der Waals surface area contributed by atoms with E-state index in [1.54, 1.807) is 0 Å². The normalized spacial score (nSPS) is 20.1. The Morgan fingerprint density at radius 2 is 2.06 bits per heavy atom. The molecule has 1 aliphatic rings. The van der Waals surface area contributed by atoms with Gasteiger partial charge in [-0.2, -0.15) is 0 Å². The molecule has 1 saturated heterocycles. The SMILES string of the molecule is O=C(NNc1ccccc1)C1CCCCN1. The van der Waals surface area contributed by atoms with E-state index in [4.69, 9.17) is 0 Å². The lowest BCUT2D eigenvalue weighted by Crippen LogP contribution is -2.48. The summed E-state index contributed by atoms with van der Waals surface area (Å²) < 4.78 is 0. The van der Waals surface area contributed by atoms with Gasteiger partial charge in [0, 0.05) is 0 Å². The van der Waals surface area contributed by atoms with Gasteiger partial charge in [0.1, 0.15) is 0 Å². The van der Waals surface area contributed by atoms with Gasteiger partial charge in [0.05, 0.1) is 11.7 Å². The van der Waals surface area contributed by atoms with Crippen LogP contribution in [0, 0.1) is 0 Å². The van der Waals surface area contributed by atoms with Gasteiger partial charge in [0.15, 0.2) is 0 Å². The van der Waals surface area contributed by atoms with Gasteiger partial charge in [0.2, 0.25) is 0 Å². The van der Waals surface area contributed by atoms with Crippen LogP contribution in [0.25, 0.3) is 0 Å². The van der Waals surface area contributed by atoms with E-state index in [1.165, 1.54) is 0 Å². The molecule has 16 heavy (non-hydrogen) atoms. The van der Waals surface area contributed by atoms with Crippen molar-refractivity contribution in [1.29, 1.82) is 0 Å². The van der Waals surface area contributed by atoms with Crippen LogP contribution in [-0.4, -0.2) is 18.5 Å². The van der Waals surface area contributed by atoms with Gasteiger partial charge < -0.3 is 5.32 Å². The molecule has 86 valence electrons. The fourth-order valence-corrected chi connectivity index (χ4v) is 1.82. The summed E-state index contributed by atoms with van der Waals surface area (Å²) in [4.78, 5) is 11.7. The van der Waals surface area contributed by atoms with Crippen LogP contribution in [0.4, 0.5) is 5.69 Å². The van der Waals surface area contributed by atoms with Gasteiger partial charge in [0.25, 0.3) is 5.91 Å². The maximum atomic E-state index is 11.7. The van der Waals surface area contributed by atoms with Gasteiger partial charge >= 0.3 is 0 Å². The number of carbonyl (C=O) groups excluding carboxylic acids is 1. The first-order chi connectivity index (χ1) is 7.86. The van der Waals surface area contributed by atoms with Crippen molar-refractivity contribution in [3.63, 3.8) is 0 Å². The third-order valence-corrected chi connectivity index (χ3v) is 2.73. The van der Waals surface area contributed by atoms with Crippen LogP contribution >= 0.6 is 0 Å². The van der Waals surface area contributed by atoms with Crippen LogP contribution in [0.3, 0.4) is 0 Å². The van der Waals surface area contributed by atoms with E-state index >= 15 is 0 Å². The molecule has 1 fully saturated rings. The molecular formula is C12H17N3O. The first kappa shape index (κ1) is 11.0. The molecule has 4 heteroatoms. The number of amides is 1. The van der Waals surface area contributed by atoms with Crippen molar-refractivity contribution >= 4 is 11.6 Å². The van der Waals surface area contributed by atoms with Crippen molar-refractivity contribution in [2.75, 3.05) is 12.0 Å². The second-order valence-electron chi connectivity index (χ2n) is 3.98. The van der Waals surface area contributed by atoms with Crippen LogP contribution in [0.15, 0.2) is 30.3 Å². The fourth-order valence-electron chi connectivity index (χ4n) is 1.82. The second kappa shape index (κ2) is 5.51. The van der Waals surface area contributed by atoms with E-state index < -0.39 is 0 Å². The highest BCUT2D eigenvalue weighted by molar-refractivity contribution is 5.82. The Labute approximate surface area is 95.4 Å². The van der Waals surface area contributed by atoms with Crippen LogP contribution in [0.1, 0.15) is 19.3 Å². The van der Waals surface area contributed by atoms with Gasteiger partial charge in [-0.15, -0.1) is 0 Å². The summed E-state index contributed by atoms with van der Waals surface area (Å²) in [5.41, 5.74) is 6.51. The Morgan fingerprint density at radius 1 is 1.25 bits per heavy atom. The number of nitrogens with one attached hydrogen (secondary N) is 3. The Kier molecular flexibility index (Phi) is 3.77. The molecule has 1 amide bonds. The number of hydrazine groups is 1. The molecule has 2 rings (SSSR count). The Bertz CT molecular complexity index is 333. The van der Waals surface area contributed by atoms with Crippen molar-refractivity contribution in [2.24, 2.45) is 0 Å². The van der Waals surface area contributed by atoms with Gasteiger partial charge in [-0.25, -0.2) is 0 Å². The molecule has 1 heterocycles. The lowest BCUT2D eigenvalue weighted by atomic mass is 10.0. The van der Waals surface area contributed by atoms with Crippen LogP contribution in [0.2, 0.25) is 0 Å². The predicted molar refractivity (Wildman–Crippen MR) is 63.8 cm³/mol. The highest BCUT2D eigenvalue weighted by atomic mass is 16.2. The van der Waals surface area contributed by atoms with E-state index in [0.29, 0.717) is 0 Å². The van der Waals surface area contributed by atoms with Crippen LogP contribution in [0.5, 0.6) is 0 Å². The van der Waals surface area contributed by atoms with Crippen molar-refractivity contribution in [1.82, 2.24) is 10.7 Å². The number of piperidine rings is 1. The number of hydrogen-bond acceptors (Lipinski definition) is 3. The zero-order chi connectivity index (χ0) is 11.2. The predicted octanol–water partition coefficient (Wildman–Crippen LogP) is 1.27. The number of anilines is 1. The lowest BCUT2D eigenvalue weighted by Gasteiger charge is -2.22. The van der Waals surface area contributed by atoms with E-state index in [9.17, 15) is 4.79 Å². The molecule has 1 aromatic rings. The summed E-state index contributed by atoms with van der Waals surface area (Å²) in [6.45, 7) is 0.934. The standard InChI is InChI=1S/C12H17N3O/c16-12(11-8-4-5-9-13-11)15-14-10-6-2-1-3-7-10/h1-3,6-7,11,13-14H,4-5,8-9H2,(H,15,16). The Balaban J connectivity index is 1.79. The quantitative estimate of drug-likeness (QED) is 0.671. The zero-order valence-electron chi connectivity index (χ0n) is 9.20. The summed E-state index contributed by atoms with van der Waals surface area (Å²) in [6, 6.07) is 9.56. The number of rotatable bonds is 3. The molecule has 0 radical (unpaired) electrons. The molecule has 1 aromatic carbocycles. The fraction of sp³-hybridized carbons (Fsp3) is 0.417. The molecule has 0 bridgehead atoms. The third-order valence-electron chi connectivity index (χ3n) is 2.73. The van der Waals surface area contributed by atoms with E-state index in [-0.39, 0.29) is 11.9 Å². The molecule has 1 aliphatic heterocycles. The van der Waals surface area contributed by atoms with Crippen LogP contribution in [-0.2, 0) is 4.79 Å². The summed E-state index contributed by atoms with van der Waals surface area (Å²) in [6.07, 6.45) is 3.20. The molecule has 0 saturated carbocycles. The van der Waals surface area contributed by atoms with Crippen molar-refractivity contribution < 1.29 is 4.79 Å². The highest BCUT2D eigenvalue weighted by Gasteiger charge is 2.19. The zero-order valence-corrected chi connectivity index (χ0v) is 9.20. The molecule has 4 nitrogen and oxygen atoms in total. The van der Waals surface area contributed by atoms with Gasteiger partial charge in [-0.3, -0.25) is 15.6 Å². The number of benzene rings is 1. The van der Waals surface area contributed by atoms with Gasteiger partial charge in [-0.05, 0) is 31.5 Å². The maximum Gasteiger partial charge on any atom is 0.255 e. The number of carbonyl (C=O) groups is 1. The van der Waals surface area contributed by atoms with Crippen LogP contribution < -0.4 is 16.2 Å². The largest absolute Gasteiger partial charge is 0.306 e. The number of hydrogen-bond donors (Lipinski definition) is 3. The summed E-state index contributed by atoms with van der Waals surface area (Å²) in [5.74, 6) is 0.0172. The first-order valence-corrected chi connectivity index (χ1v) is 5.70. The molecule has 1 atom stereocenters. The second-order valence-corrected chi connectivity index (χ2v) is 3.98. The van der Waals surface area contributed by atoms with E-state index in [2.05, 4.69) is 16.2 Å². The van der Waals surface area contributed by atoms with Crippen molar-refractivity contribution in [2.45, 2.75) is 25.3 Å². The summed E-state index contributed by atoms with van der Waals surface area (Å²) in [5, 5.41) is 3.20. The first-order valence-electron chi connectivity index (χ1n) is 5.70. The van der Waals surface area contributed by atoms with Crippen molar-refractivity contribution in [3.8, 4) is 0 Å². The summed E-state index contributed by atoms with van der Waals surface area (Å²) >= 11 is 0. The van der Waals surface area contributed by atoms with E-state index in [0.717, 1.165) is 31.5 Å². The minimum absolute atomic E-state index is 0.0172. The van der Waals surface area contributed by atoms with Crippen molar-refractivity contribution in [3.05, 3.63) is 30.3 Å².